The molecule has 0 fully saturated rings. The number of ether oxygens (including phenoxy) is 1. The van der Waals surface area contributed by atoms with Crippen LogP contribution in [0.1, 0.15) is 11.1 Å². The van der Waals surface area contributed by atoms with E-state index in [4.69, 9.17) is 16.3 Å². The molecule has 8 heteroatoms. The molecule has 0 aliphatic heterocycles. The molecule has 168 valence electrons. The van der Waals surface area contributed by atoms with Crippen LogP contribution in [0.2, 0.25) is 5.02 Å². The molecule has 3 aromatic carbocycles. The van der Waals surface area contributed by atoms with Gasteiger partial charge < -0.3 is 10.1 Å². The summed E-state index contributed by atoms with van der Waals surface area (Å²) in [6.45, 7) is 3.96. The third kappa shape index (κ3) is 5.05. The van der Waals surface area contributed by atoms with Gasteiger partial charge in [0.2, 0.25) is 5.91 Å². The van der Waals surface area contributed by atoms with Crippen molar-refractivity contribution in [1.29, 1.82) is 0 Å². The standard InChI is InChI=1S/C25H23ClN4O2S/c1-16-8-7-9-17(2)23(16)27-22(31)15-33-25-29-28-24(18-10-5-4-6-11-18)30(25)19-12-13-21(32-3)20(26)14-19/h4-14H,15H2,1-3H3,(H,27,31). The molecule has 0 saturated heterocycles. The number of aromatic nitrogens is 3. The first-order valence-corrected chi connectivity index (χ1v) is 11.7. The van der Waals surface area contributed by atoms with Gasteiger partial charge >= 0.3 is 0 Å². The zero-order valence-corrected chi connectivity index (χ0v) is 20.1. The zero-order chi connectivity index (χ0) is 23.4. The second kappa shape index (κ2) is 10.1. The summed E-state index contributed by atoms with van der Waals surface area (Å²) in [7, 11) is 1.57. The van der Waals surface area contributed by atoms with Gasteiger partial charge in [0.05, 0.1) is 23.6 Å². The summed E-state index contributed by atoms with van der Waals surface area (Å²) >= 11 is 7.71. The Hall–Kier alpha value is -3.29. The normalized spacial score (nSPS) is 10.8. The van der Waals surface area contributed by atoms with Gasteiger partial charge in [0.15, 0.2) is 11.0 Å². The van der Waals surface area contributed by atoms with Crippen LogP contribution in [0.3, 0.4) is 0 Å². The Balaban J connectivity index is 1.64. The van der Waals surface area contributed by atoms with E-state index < -0.39 is 0 Å². The molecule has 1 heterocycles. The van der Waals surface area contributed by atoms with E-state index in [1.54, 1.807) is 19.2 Å². The number of aryl methyl sites for hydroxylation is 2. The summed E-state index contributed by atoms with van der Waals surface area (Å²) in [5.74, 6) is 1.32. The average Bonchev–Trinajstić information content (AvgIpc) is 3.25. The van der Waals surface area contributed by atoms with Crippen molar-refractivity contribution in [3.05, 3.63) is 82.9 Å². The number of methoxy groups -OCH3 is 1. The number of rotatable bonds is 7. The van der Waals surface area contributed by atoms with Crippen LogP contribution in [-0.4, -0.2) is 33.5 Å². The van der Waals surface area contributed by atoms with Crippen LogP contribution >= 0.6 is 23.4 Å². The molecule has 33 heavy (non-hydrogen) atoms. The van der Waals surface area contributed by atoms with Gasteiger partial charge in [0, 0.05) is 11.3 Å². The summed E-state index contributed by atoms with van der Waals surface area (Å²) in [4.78, 5) is 12.7. The molecule has 0 aliphatic carbocycles. The molecule has 4 rings (SSSR count). The Morgan fingerprint density at radius 1 is 1.03 bits per heavy atom. The highest BCUT2D eigenvalue weighted by atomic mass is 35.5. The van der Waals surface area contributed by atoms with Crippen molar-refractivity contribution in [2.24, 2.45) is 0 Å². The fraction of sp³-hybridized carbons (Fsp3) is 0.160. The van der Waals surface area contributed by atoms with Crippen molar-refractivity contribution in [1.82, 2.24) is 14.8 Å². The zero-order valence-electron chi connectivity index (χ0n) is 18.5. The maximum absolute atomic E-state index is 12.7. The SMILES string of the molecule is COc1ccc(-n2c(SCC(=O)Nc3c(C)cccc3C)nnc2-c2ccccc2)cc1Cl. The van der Waals surface area contributed by atoms with Crippen molar-refractivity contribution in [3.8, 4) is 22.8 Å². The molecule has 1 N–H and O–H groups in total. The van der Waals surface area contributed by atoms with Crippen molar-refractivity contribution >= 4 is 35.0 Å². The second-order valence-electron chi connectivity index (χ2n) is 7.43. The number of amides is 1. The van der Waals surface area contributed by atoms with Crippen LogP contribution in [0.5, 0.6) is 5.75 Å². The van der Waals surface area contributed by atoms with Crippen molar-refractivity contribution in [2.45, 2.75) is 19.0 Å². The first-order chi connectivity index (χ1) is 16.0. The summed E-state index contributed by atoms with van der Waals surface area (Å²) in [5, 5.41) is 12.9. The number of carbonyl (C=O) groups excluding carboxylic acids is 1. The van der Waals surface area contributed by atoms with E-state index in [1.165, 1.54) is 11.8 Å². The van der Waals surface area contributed by atoms with Gasteiger partial charge in [-0.2, -0.15) is 0 Å². The number of hydrogen-bond donors (Lipinski definition) is 1. The molecule has 0 unspecified atom stereocenters. The van der Waals surface area contributed by atoms with Crippen LogP contribution in [0.4, 0.5) is 5.69 Å². The first-order valence-electron chi connectivity index (χ1n) is 10.3. The number of thioether (sulfide) groups is 1. The number of benzene rings is 3. The van der Waals surface area contributed by atoms with Gasteiger partial charge in [-0.1, -0.05) is 71.9 Å². The van der Waals surface area contributed by atoms with Crippen molar-refractivity contribution in [3.63, 3.8) is 0 Å². The summed E-state index contributed by atoms with van der Waals surface area (Å²) < 4.78 is 7.19. The van der Waals surface area contributed by atoms with Gasteiger partial charge in [0.25, 0.3) is 0 Å². The van der Waals surface area contributed by atoms with Crippen LogP contribution in [0, 0.1) is 13.8 Å². The maximum atomic E-state index is 12.7. The largest absolute Gasteiger partial charge is 0.495 e. The van der Waals surface area contributed by atoms with Gasteiger partial charge in [0.1, 0.15) is 5.75 Å². The number of carbonyl (C=O) groups is 1. The third-order valence-corrected chi connectivity index (χ3v) is 6.36. The molecule has 0 saturated carbocycles. The molecular weight excluding hydrogens is 456 g/mol. The molecule has 0 spiro atoms. The predicted octanol–water partition coefficient (Wildman–Crippen LogP) is 5.94. The summed E-state index contributed by atoms with van der Waals surface area (Å²) in [6, 6.07) is 21.2. The molecule has 0 radical (unpaired) electrons. The Morgan fingerprint density at radius 2 is 1.76 bits per heavy atom. The number of nitrogens with one attached hydrogen (secondary N) is 1. The molecule has 4 aromatic rings. The number of para-hydroxylation sites is 1. The Kier molecular flexibility index (Phi) is 7.01. The monoisotopic (exact) mass is 478 g/mol. The van der Waals surface area contributed by atoms with E-state index in [1.807, 2.05) is 73.0 Å². The summed E-state index contributed by atoms with van der Waals surface area (Å²) in [5.41, 5.74) is 4.58. The van der Waals surface area contributed by atoms with E-state index in [0.29, 0.717) is 21.8 Å². The lowest BCUT2D eigenvalue weighted by molar-refractivity contribution is -0.113. The Bertz CT molecular complexity index is 1270. The minimum absolute atomic E-state index is 0.110. The minimum Gasteiger partial charge on any atom is -0.495 e. The van der Waals surface area contributed by atoms with Gasteiger partial charge in [-0.3, -0.25) is 9.36 Å². The highest BCUT2D eigenvalue weighted by molar-refractivity contribution is 7.99. The first kappa shape index (κ1) is 22.9. The number of hydrogen-bond acceptors (Lipinski definition) is 5. The topological polar surface area (TPSA) is 69.0 Å². The van der Waals surface area contributed by atoms with Crippen LogP contribution in [0.25, 0.3) is 17.1 Å². The highest BCUT2D eigenvalue weighted by Gasteiger charge is 2.18. The van der Waals surface area contributed by atoms with Gasteiger partial charge in [-0.25, -0.2) is 0 Å². The highest BCUT2D eigenvalue weighted by Crippen LogP contribution is 2.32. The number of anilines is 1. The Morgan fingerprint density at radius 3 is 2.42 bits per heavy atom. The quantitative estimate of drug-likeness (QED) is 0.333. The molecule has 0 atom stereocenters. The van der Waals surface area contributed by atoms with E-state index in [0.717, 1.165) is 28.1 Å². The maximum Gasteiger partial charge on any atom is 0.234 e. The average molecular weight is 479 g/mol. The lowest BCUT2D eigenvalue weighted by Gasteiger charge is -2.13. The molecule has 1 amide bonds. The molecule has 0 aliphatic rings. The third-order valence-electron chi connectivity index (χ3n) is 5.14. The molecular formula is C25H23ClN4O2S. The number of nitrogens with zero attached hydrogens (tertiary/aromatic N) is 3. The lowest BCUT2D eigenvalue weighted by Crippen LogP contribution is -2.16. The molecule has 1 aromatic heterocycles. The van der Waals surface area contributed by atoms with E-state index >= 15 is 0 Å². The Labute approximate surface area is 202 Å². The molecule has 6 nitrogen and oxygen atoms in total. The second-order valence-corrected chi connectivity index (χ2v) is 8.78. The fourth-order valence-corrected chi connectivity index (χ4v) is 4.49. The lowest BCUT2D eigenvalue weighted by atomic mass is 10.1. The van der Waals surface area contributed by atoms with Crippen molar-refractivity contribution in [2.75, 3.05) is 18.2 Å². The van der Waals surface area contributed by atoms with E-state index in [2.05, 4.69) is 15.5 Å². The molecule has 0 bridgehead atoms. The van der Waals surface area contributed by atoms with Crippen LogP contribution in [-0.2, 0) is 4.79 Å². The van der Waals surface area contributed by atoms with Crippen LogP contribution < -0.4 is 10.1 Å². The van der Waals surface area contributed by atoms with Gasteiger partial charge in [-0.05, 0) is 43.2 Å². The van der Waals surface area contributed by atoms with Crippen molar-refractivity contribution < 1.29 is 9.53 Å². The summed E-state index contributed by atoms with van der Waals surface area (Å²) in [6.07, 6.45) is 0. The predicted molar refractivity (Wildman–Crippen MR) is 134 cm³/mol. The van der Waals surface area contributed by atoms with Crippen LogP contribution in [0.15, 0.2) is 71.9 Å². The fourth-order valence-electron chi connectivity index (χ4n) is 3.48. The van der Waals surface area contributed by atoms with Gasteiger partial charge in [-0.15, -0.1) is 10.2 Å². The van der Waals surface area contributed by atoms with E-state index in [9.17, 15) is 4.79 Å². The van der Waals surface area contributed by atoms with E-state index in [-0.39, 0.29) is 11.7 Å². The minimum atomic E-state index is -0.110. The number of halogens is 1. The smallest absolute Gasteiger partial charge is 0.234 e.